The molecule has 0 aliphatic heterocycles. The van der Waals surface area contributed by atoms with Gasteiger partial charge < -0.3 is 10.2 Å². The molecular weight excluding hydrogens is 315 g/mol. The number of carbonyl (C=O) groups excluding carboxylic acids is 1. The lowest BCUT2D eigenvalue weighted by molar-refractivity contribution is -0.128. The number of halogens is 1. The zero-order valence-corrected chi connectivity index (χ0v) is 11.8. The van der Waals surface area contributed by atoms with E-state index in [1.165, 1.54) is 3.57 Å². The molecule has 0 saturated carbocycles. The van der Waals surface area contributed by atoms with Gasteiger partial charge in [0.25, 0.3) is 0 Å². The minimum atomic E-state index is 0.185. The number of benzene rings is 1. The Morgan fingerprint density at radius 3 is 2.69 bits per heavy atom. The van der Waals surface area contributed by atoms with Gasteiger partial charge in [0.05, 0.1) is 0 Å². The maximum Gasteiger partial charge on any atom is 0.222 e. The number of nitrogens with zero attached hydrogens (tertiary/aromatic N) is 1. The number of carbonyl (C=O) groups is 1. The van der Waals surface area contributed by atoms with E-state index >= 15 is 0 Å². The molecule has 0 bridgehead atoms. The summed E-state index contributed by atoms with van der Waals surface area (Å²) in [6.45, 7) is 0.833. The maximum absolute atomic E-state index is 11.3. The van der Waals surface area contributed by atoms with E-state index in [0.29, 0.717) is 6.42 Å². The largest absolute Gasteiger partial charge is 0.384 e. The summed E-state index contributed by atoms with van der Waals surface area (Å²) in [5.74, 6) is 0.185. The highest BCUT2D eigenvalue weighted by molar-refractivity contribution is 14.1. The summed E-state index contributed by atoms with van der Waals surface area (Å²) in [7, 11) is 3.58. The lowest BCUT2D eigenvalue weighted by atomic mass is 10.2. The molecule has 0 atom stereocenters. The molecule has 0 aromatic heterocycles. The first-order valence-corrected chi connectivity index (χ1v) is 6.37. The van der Waals surface area contributed by atoms with E-state index in [-0.39, 0.29) is 5.91 Å². The molecule has 1 aromatic rings. The van der Waals surface area contributed by atoms with E-state index < -0.39 is 0 Å². The Morgan fingerprint density at radius 1 is 1.38 bits per heavy atom. The van der Waals surface area contributed by atoms with Crippen LogP contribution >= 0.6 is 22.6 Å². The molecule has 1 aromatic carbocycles. The summed E-state index contributed by atoms with van der Waals surface area (Å²) in [5, 5.41) is 3.33. The third kappa shape index (κ3) is 4.38. The molecule has 0 heterocycles. The van der Waals surface area contributed by atoms with Gasteiger partial charge in [0, 0.05) is 36.3 Å². The number of para-hydroxylation sites is 1. The van der Waals surface area contributed by atoms with E-state index in [0.717, 1.165) is 18.7 Å². The van der Waals surface area contributed by atoms with Gasteiger partial charge in [-0.25, -0.2) is 0 Å². The second-order valence-corrected chi connectivity index (χ2v) is 4.96. The van der Waals surface area contributed by atoms with E-state index in [4.69, 9.17) is 0 Å². The molecule has 0 radical (unpaired) electrons. The lowest BCUT2D eigenvalue weighted by Gasteiger charge is -2.11. The maximum atomic E-state index is 11.3. The smallest absolute Gasteiger partial charge is 0.222 e. The Balaban J connectivity index is 2.26. The number of rotatable bonds is 5. The average Bonchev–Trinajstić information content (AvgIpc) is 2.26. The van der Waals surface area contributed by atoms with Gasteiger partial charge in [-0.15, -0.1) is 0 Å². The summed E-state index contributed by atoms with van der Waals surface area (Å²) in [5.41, 5.74) is 1.14. The summed E-state index contributed by atoms with van der Waals surface area (Å²) < 4.78 is 1.21. The van der Waals surface area contributed by atoms with Crippen molar-refractivity contribution >= 4 is 34.2 Å². The van der Waals surface area contributed by atoms with Crippen LogP contribution in [0.3, 0.4) is 0 Å². The Bertz CT molecular complexity index is 353. The van der Waals surface area contributed by atoms with Gasteiger partial charge >= 0.3 is 0 Å². The molecular formula is C12H17IN2O. The van der Waals surface area contributed by atoms with Gasteiger partial charge in [0.15, 0.2) is 0 Å². The Labute approximate surface area is 110 Å². The highest BCUT2D eigenvalue weighted by Crippen LogP contribution is 2.16. The molecule has 0 fully saturated rings. The normalized spacial score (nSPS) is 9.94. The summed E-state index contributed by atoms with van der Waals surface area (Å²) >= 11 is 2.30. The molecule has 4 heteroatoms. The topological polar surface area (TPSA) is 32.3 Å². The highest BCUT2D eigenvalue weighted by Gasteiger charge is 2.03. The van der Waals surface area contributed by atoms with E-state index in [1.54, 1.807) is 19.0 Å². The lowest BCUT2D eigenvalue weighted by Crippen LogP contribution is -2.22. The Morgan fingerprint density at radius 2 is 2.06 bits per heavy atom. The summed E-state index contributed by atoms with van der Waals surface area (Å²) in [6, 6.07) is 8.14. The molecule has 0 spiro atoms. The quantitative estimate of drug-likeness (QED) is 0.664. The molecule has 0 aliphatic carbocycles. The SMILES string of the molecule is CN(C)C(=O)CCCNc1ccccc1I. The fourth-order valence-electron chi connectivity index (χ4n) is 1.29. The van der Waals surface area contributed by atoms with Crippen LogP contribution in [0.25, 0.3) is 0 Å². The molecule has 0 aliphatic rings. The van der Waals surface area contributed by atoms with Crippen LogP contribution in [0.2, 0.25) is 0 Å². The van der Waals surface area contributed by atoms with Crippen molar-refractivity contribution in [3.8, 4) is 0 Å². The summed E-state index contributed by atoms with van der Waals surface area (Å²) in [6.07, 6.45) is 1.46. The van der Waals surface area contributed by atoms with Crippen molar-refractivity contribution in [2.45, 2.75) is 12.8 Å². The number of hydrogen-bond donors (Lipinski definition) is 1. The standard InChI is InChI=1S/C12H17IN2O/c1-15(2)12(16)8-5-9-14-11-7-4-3-6-10(11)13/h3-4,6-7,14H,5,8-9H2,1-2H3. The third-order valence-electron chi connectivity index (χ3n) is 2.26. The first-order chi connectivity index (χ1) is 7.61. The van der Waals surface area contributed by atoms with Crippen molar-refractivity contribution in [2.24, 2.45) is 0 Å². The molecule has 16 heavy (non-hydrogen) atoms. The van der Waals surface area contributed by atoms with Gasteiger partial charge in [0.1, 0.15) is 0 Å². The number of nitrogens with one attached hydrogen (secondary N) is 1. The van der Waals surface area contributed by atoms with Crippen LogP contribution in [-0.4, -0.2) is 31.4 Å². The highest BCUT2D eigenvalue weighted by atomic mass is 127. The number of hydrogen-bond acceptors (Lipinski definition) is 2. The van der Waals surface area contributed by atoms with Crippen LogP contribution in [0, 0.1) is 3.57 Å². The minimum Gasteiger partial charge on any atom is -0.384 e. The van der Waals surface area contributed by atoms with Crippen LogP contribution in [0.5, 0.6) is 0 Å². The van der Waals surface area contributed by atoms with Crippen molar-refractivity contribution in [1.29, 1.82) is 0 Å². The molecule has 3 nitrogen and oxygen atoms in total. The van der Waals surface area contributed by atoms with Crippen LogP contribution < -0.4 is 5.32 Å². The monoisotopic (exact) mass is 332 g/mol. The fraction of sp³-hybridized carbons (Fsp3) is 0.417. The van der Waals surface area contributed by atoms with Crippen molar-refractivity contribution in [3.63, 3.8) is 0 Å². The Hall–Kier alpha value is -0.780. The zero-order chi connectivity index (χ0) is 12.0. The minimum absolute atomic E-state index is 0.185. The zero-order valence-electron chi connectivity index (χ0n) is 9.66. The second kappa shape index (κ2) is 6.73. The van der Waals surface area contributed by atoms with Crippen molar-refractivity contribution in [1.82, 2.24) is 4.90 Å². The molecule has 0 unspecified atom stereocenters. The predicted octanol–water partition coefficient (Wildman–Crippen LogP) is 2.57. The van der Waals surface area contributed by atoms with Gasteiger partial charge in [-0.05, 0) is 41.1 Å². The Kier molecular flexibility index (Phi) is 5.59. The van der Waals surface area contributed by atoms with Gasteiger partial charge in [-0.2, -0.15) is 0 Å². The van der Waals surface area contributed by atoms with Gasteiger partial charge in [-0.1, -0.05) is 12.1 Å². The van der Waals surface area contributed by atoms with Crippen LogP contribution in [-0.2, 0) is 4.79 Å². The number of amides is 1. The number of anilines is 1. The predicted molar refractivity (Wildman–Crippen MR) is 75.6 cm³/mol. The molecule has 1 amide bonds. The first-order valence-electron chi connectivity index (χ1n) is 5.30. The first kappa shape index (κ1) is 13.3. The molecule has 88 valence electrons. The summed E-state index contributed by atoms with van der Waals surface area (Å²) in [4.78, 5) is 12.9. The van der Waals surface area contributed by atoms with Crippen molar-refractivity contribution < 1.29 is 4.79 Å². The van der Waals surface area contributed by atoms with Gasteiger partial charge in [-0.3, -0.25) is 4.79 Å². The van der Waals surface area contributed by atoms with Crippen LogP contribution in [0.4, 0.5) is 5.69 Å². The van der Waals surface area contributed by atoms with Crippen LogP contribution in [0.1, 0.15) is 12.8 Å². The van der Waals surface area contributed by atoms with E-state index in [2.05, 4.69) is 40.0 Å². The molecule has 0 saturated heterocycles. The molecule has 1 N–H and O–H groups in total. The fourth-order valence-corrected chi connectivity index (χ4v) is 1.87. The van der Waals surface area contributed by atoms with Crippen molar-refractivity contribution in [2.75, 3.05) is 26.0 Å². The van der Waals surface area contributed by atoms with Crippen molar-refractivity contribution in [3.05, 3.63) is 27.8 Å². The van der Waals surface area contributed by atoms with E-state index in [9.17, 15) is 4.79 Å². The molecule has 1 rings (SSSR count). The van der Waals surface area contributed by atoms with E-state index in [1.807, 2.05) is 12.1 Å². The van der Waals surface area contributed by atoms with Crippen LogP contribution in [0.15, 0.2) is 24.3 Å². The van der Waals surface area contributed by atoms with Gasteiger partial charge in [0.2, 0.25) is 5.91 Å². The third-order valence-corrected chi connectivity index (χ3v) is 3.20. The average molecular weight is 332 g/mol. The second-order valence-electron chi connectivity index (χ2n) is 3.80.